The summed E-state index contributed by atoms with van der Waals surface area (Å²) < 4.78 is 0. The second-order valence-electron chi connectivity index (χ2n) is 3.59. The predicted molar refractivity (Wildman–Crippen MR) is 69.9 cm³/mol. The van der Waals surface area contributed by atoms with Gasteiger partial charge in [0.15, 0.2) is 0 Å². The molecule has 3 nitrogen and oxygen atoms in total. The van der Waals surface area contributed by atoms with Crippen LogP contribution >= 0.6 is 23.4 Å². The van der Waals surface area contributed by atoms with Gasteiger partial charge in [-0.25, -0.2) is 0 Å². The van der Waals surface area contributed by atoms with E-state index in [4.69, 9.17) is 16.7 Å². The maximum Gasteiger partial charge on any atom is 0.0634 e. The molecule has 0 aromatic carbocycles. The van der Waals surface area contributed by atoms with Crippen molar-refractivity contribution in [3.8, 4) is 0 Å². The SMILES string of the molecule is CSC(CO)C(C)NCc1ccncc1Cl. The number of aliphatic hydroxyl groups is 1. The summed E-state index contributed by atoms with van der Waals surface area (Å²) in [6.07, 6.45) is 5.37. The van der Waals surface area contributed by atoms with Crippen LogP contribution < -0.4 is 5.32 Å². The molecule has 1 heterocycles. The van der Waals surface area contributed by atoms with Gasteiger partial charge in [0, 0.05) is 30.2 Å². The molecule has 0 aliphatic carbocycles. The minimum atomic E-state index is 0.180. The van der Waals surface area contributed by atoms with Crippen molar-refractivity contribution in [1.82, 2.24) is 10.3 Å². The third kappa shape index (κ3) is 3.94. The number of hydrogen-bond donors (Lipinski definition) is 2. The second-order valence-corrected chi connectivity index (χ2v) is 5.08. The molecule has 0 bridgehead atoms. The molecule has 0 saturated carbocycles. The molecule has 1 aromatic rings. The molecule has 0 radical (unpaired) electrons. The van der Waals surface area contributed by atoms with Gasteiger partial charge in [0.05, 0.1) is 11.6 Å². The van der Waals surface area contributed by atoms with E-state index in [1.54, 1.807) is 24.2 Å². The number of aliphatic hydroxyl groups excluding tert-OH is 1. The summed E-state index contributed by atoms with van der Waals surface area (Å²) in [5, 5.41) is 13.4. The Bertz CT molecular complexity index is 321. The number of nitrogens with one attached hydrogen (secondary N) is 1. The van der Waals surface area contributed by atoms with Crippen molar-refractivity contribution in [3.05, 3.63) is 29.0 Å². The molecule has 2 atom stereocenters. The Labute approximate surface area is 106 Å². The van der Waals surface area contributed by atoms with Crippen LogP contribution in [-0.4, -0.2) is 34.2 Å². The van der Waals surface area contributed by atoms with E-state index in [0.717, 1.165) is 5.56 Å². The van der Waals surface area contributed by atoms with Crippen LogP contribution in [0.2, 0.25) is 5.02 Å². The highest BCUT2D eigenvalue weighted by Crippen LogP contribution is 2.15. The fraction of sp³-hybridized carbons (Fsp3) is 0.545. The molecule has 5 heteroatoms. The first-order chi connectivity index (χ1) is 7.69. The van der Waals surface area contributed by atoms with Crippen LogP contribution in [0, 0.1) is 0 Å². The molecule has 0 amide bonds. The van der Waals surface area contributed by atoms with Gasteiger partial charge in [0.1, 0.15) is 0 Å². The van der Waals surface area contributed by atoms with Gasteiger partial charge < -0.3 is 10.4 Å². The molecule has 1 aromatic heterocycles. The van der Waals surface area contributed by atoms with Gasteiger partial charge in [-0.05, 0) is 24.8 Å². The standard InChI is InChI=1S/C11H17ClN2OS/c1-8(11(7-15)16-2)14-5-9-3-4-13-6-10(9)12/h3-4,6,8,11,14-15H,5,7H2,1-2H3. The van der Waals surface area contributed by atoms with Crippen molar-refractivity contribution >= 4 is 23.4 Å². The average Bonchev–Trinajstić information content (AvgIpc) is 2.29. The minimum Gasteiger partial charge on any atom is -0.395 e. The van der Waals surface area contributed by atoms with E-state index in [1.165, 1.54) is 0 Å². The van der Waals surface area contributed by atoms with Crippen molar-refractivity contribution < 1.29 is 5.11 Å². The highest BCUT2D eigenvalue weighted by atomic mass is 35.5. The first-order valence-electron chi connectivity index (χ1n) is 5.14. The highest BCUT2D eigenvalue weighted by Gasteiger charge is 2.14. The van der Waals surface area contributed by atoms with Crippen molar-refractivity contribution in [3.63, 3.8) is 0 Å². The lowest BCUT2D eigenvalue weighted by molar-refractivity contribution is 0.276. The highest BCUT2D eigenvalue weighted by molar-refractivity contribution is 7.99. The van der Waals surface area contributed by atoms with Crippen LogP contribution in [-0.2, 0) is 6.54 Å². The Morgan fingerprint density at radius 3 is 2.94 bits per heavy atom. The molecule has 90 valence electrons. The zero-order chi connectivity index (χ0) is 12.0. The first kappa shape index (κ1) is 13.8. The zero-order valence-corrected chi connectivity index (χ0v) is 11.1. The van der Waals surface area contributed by atoms with Crippen molar-refractivity contribution in [1.29, 1.82) is 0 Å². The predicted octanol–water partition coefficient (Wildman–Crippen LogP) is 1.94. The van der Waals surface area contributed by atoms with Gasteiger partial charge >= 0.3 is 0 Å². The lowest BCUT2D eigenvalue weighted by atomic mass is 10.2. The van der Waals surface area contributed by atoms with E-state index < -0.39 is 0 Å². The fourth-order valence-corrected chi connectivity index (χ4v) is 2.23. The third-order valence-electron chi connectivity index (χ3n) is 2.51. The fourth-order valence-electron chi connectivity index (χ4n) is 1.39. The molecule has 0 saturated heterocycles. The Hall–Kier alpha value is -0.290. The van der Waals surface area contributed by atoms with Gasteiger partial charge in [-0.15, -0.1) is 0 Å². The Morgan fingerprint density at radius 1 is 1.62 bits per heavy atom. The normalized spacial score (nSPS) is 14.8. The molecule has 0 fully saturated rings. The molecule has 0 aliphatic rings. The number of hydrogen-bond acceptors (Lipinski definition) is 4. The van der Waals surface area contributed by atoms with Gasteiger partial charge in [-0.3, -0.25) is 4.98 Å². The van der Waals surface area contributed by atoms with Crippen LogP contribution in [0.15, 0.2) is 18.5 Å². The lowest BCUT2D eigenvalue weighted by Crippen LogP contribution is -2.37. The van der Waals surface area contributed by atoms with E-state index in [9.17, 15) is 0 Å². The van der Waals surface area contributed by atoms with Crippen LogP contribution in [0.5, 0.6) is 0 Å². The molecule has 2 N–H and O–H groups in total. The second kappa shape index (κ2) is 7.12. The number of thioether (sulfide) groups is 1. The maximum atomic E-state index is 9.15. The summed E-state index contributed by atoms with van der Waals surface area (Å²) in [6, 6.07) is 2.14. The van der Waals surface area contributed by atoms with E-state index in [2.05, 4.69) is 17.2 Å². The summed E-state index contributed by atoms with van der Waals surface area (Å²) in [6.45, 7) is 2.94. The summed E-state index contributed by atoms with van der Waals surface area (Å²) in [7, 11) is 0. The number of nitrogens with zero attached hydrogens (tertiary/aromatic N) is 1. The molecule has 0 aliphatic heterocycles. The van der Waals surface area contributed by atoms with Gasteiger partial charge in [-0.1, -0.05) is 11.6 Å². The van der Waals surface area contributed by atoms with Crippen molar-refractivity contribution in [2.75, 3.05) is 12.9 Å². The summed E-state index contributed by atoms with van der Waals surface area (Å²) in [4.78, 5) is 3.94. The Balaban J connectivity index is 2.48. The molecule has 1 rings (SSSR count). The van der Waals surface area contributed by atoms with Crippen LogP contribution in [0.4, 0.5) is 0 Å². The first-order valence-corrected chi connectivity index (χ1v) is 6.81. The average molecular weight is 261 g/mol. The number of pyridine rings is 1. The smallest absolute Gasteiger partial charge is 0.0634 e. The van der Waals surface area contributed by atoms with E-state index in [-0.39, 0.29) is 17.9 Å². The van der Waals surface area contributed by atoms with Gasteiger partial charge in [-0.2, -0.15) is 11.8 Å². The van der Waals surface area contributed by atoms with Crippen LogP contribution in [0.1, 0.15) is 12.5 Å². The number of rotatable bonds is 6. The van der Waals surface area contributed by atoms with Gasteiger partial charge in [0.2, 0.25) is 0 Å². The number of halogens is 1. The van der Waals surface area contributed by atoms with Crippen LogP contribution in [0.25, 0.3) is 0 Å². The quantitative estimate of drug-likeness (QED) is 0.821. The summed E-state index contributed by atoms with van der Waals surface area (Å²) in [5.41, 5.74) is 1.03. The zero-order valence-electron chi connectivity index (χ0n) is 9.48. The molecule has 16 heavy (non-hydrogen) atoms. The molecule has 0 spiro atoms. The molecular formula is C11H17ClN2OS. The Kier molecular flexibility index (Phi) is 6.13. The van der Waals surface area contributed by atoms with E-state index >= 15 is 0 Å². The summed E-state index contributed by atoms with van der Waals surface area (Å²) >= 11 is 7.66. The third-order valence-corrected chi connectivity index (χ3v) is 4.01. The van der Waals surface area contributed by atoms with Crippen LogP contribution in [0.3, 0.4) is 0 Å². The van der Waals surface area contributed by atoms with E-state index in [0.29, 0.717) is 11.6 Å². The summed E-state index contributed by atoms with van der Waals surface area (Å²) in [5.74, 6) is 0. The van der Waals surface area contributed by atoms with Crippen molar-refractivity contribution in [2.24, 2.45) is 0 Å². The largest absolute Gasteiger partial charge is 0.395 e. The lowest BCUT2D eigenvalue weighted by Gasteiger charge is -2.21. The molecular weight excluding hydrogens is 244 g/mol. The number of aromatic nitrogens is 1. The van der Waals surface area contributed by atoms with E-state index in [1.807, 2.05) is 12.3 Å². The minimum absolute atomic E-state index is 0.180. The van der Waals surface area contributed by atoms with Gasteiger partial charge in [0.25, 0.3) is 0 Å². The molecule has 2 unspecified atom stereocenters. The van der Waals surface area contributed by atoms with Crippen molar-refractivity contribution in [2.45, 2.75) is 24.8 Å². The maximum absolute atomic E-state index is 9.15. The topological polar surface area (TPSA) is 45.1 Å². The Morgan fingerprint density at radius 2 is 2.38 bits per heavy atom. The monoisotopic (exact) mass is 260 g/mol.